The fraction of sp³-hybridized carbons (Fsp3) is 0.333. The third-order valence-electron chi connectivity index (χ3n) is 3.50. The van der Waals surface area contributed by atoms with Crippen molar-refractivity contribution in [2.24, 2.45) is 0 Å². The zero-order chi connectivity index (χ0) is 12.4. The van der Waals surface area contributed by atoms with Gasteiger partial charge in [-0.05, 0) is 25.0 Å². The van der Waals surface area contributed by atoms with Crippen LogP contribution < -0.4 is 0 Å². The number of hydrogen-bond acceptors (Lipinski definition) is 3. The Bertz CT molecular complexity index is 609. The summed E-state index contributed by atoms with van der Waals surface area (Å²) >= 11 is 0. The topological polar surface area (TPSA) is 45.9 Å². The third kappa shape index (κ3) is 1.96. The van der Waals surface area contributed by atoms with Crippen molar-refractivity contribution in [1.29, 1.82) is 5.26 Å². The molecule has 0 bridgehead atoms. The molecular weight excluding hydrogens is 224 g/mol. The lowest BCUT2D eigenvalue weighted by molar-refractivity contribution is 0.0845. The normalized spacial score (nSPS) is 16.6. The zero-order valence-corrected chi connectivity index (χ0v) is 10.1. The lowest BCUT2D eigenvalue weighted by atomic mass is 9.94. The summed E-state index contributed by atoms with van der Waals surface area (Å²) in [6.07, 6.45) is 1.99. The van der Waals surface area contributed by atoms with Crippen LogP contribution in [0.15, 0.2) is 30.3 Å². The second-order valence-corrected chi connectivity index (χ2v) is 4.61. The van der Waals surface area contributed by atoms with Gasteiger partial charge in [0.2, 0.25) is 0 Å². The van der Waals surface area contributed by atoms with Gasteiger partial charge in [0, 0.05) is 30.2 Å². The molecule has 18 heavy (non-hydrogen) atoms. The highest BCUT2D eigenvalue weighted by Crippen LogP contribution is 2.28. The summed E-state index contributed by atoms with van der Waals surface area (Å²) in [4.78, 5) is 4.70. The van der Waals surface area contributed by atoms with Gasteiger partial charge >= 0.3 is 0 Å². The van der Waals surface area contributed by atoms with E-state index in [1.807, 2.05) is 30.3 Å². The number of nitrogens with zero attached hydrogens (tertiary/aromatic N) is 2. The number of benzene rings is 1. The van der Waals surface area contributed by atoms with E-state index in [2.05, 4.69) is 6.07 Å². The molecule has 0 aliphatic carbocycles. The second kappa shape index (κ2) is 4.75. The van der Waals surface area contributed by atoms with Gasteiger partial charge in [-0.1, -0.05) is 18.2 Å². The average Bonchev–Trinajstić information content (AvgIpc) is 2.47. The standard InChI is InChI=1S/C15H14N2O/c16-10-12-9-15(11-5-7-18-8-6-11)17-14-4-2-1-3-13(12)14/h1-4,9,11H,5-8H2. The Hall–Kier alpha value is -1.92. The summed E-state index contributed by atoms with van der Waals surface area (Å²) in [5, 5.41) is 10.2. The van der Waals surface area contributed by atoms with Crippen LogP contribution in [-0.4, -0.2) is 18.2 Å². The van der Waals surface area contributed by atoms with Crippen LogP contribution in [0, 0.1) is 11.3 Å². The first-order valence-electron chi connectivity index (χ1n) is 6.26. The van der Waals surface area contributed by atoms with Gasteiger partial charge in [0.25, 0.3) is 0 Å². The van der Waals surface area contributed by atoms with Crippen LogP contribution >= 0.6 is 0 Å². The molecule has 90 valence electrons. The number of rotatable bonds is 1. The SMILES string of the molecule is N#Cc1cc(C2CCOCC2)nc2ccccc12. The van der Waals surface area contributed by atoms with E-state index in [9.17, 15) is 5.26 Å². The van der Waals surface area contributed by atoms with Gasteiger partial charge in [-0.3, -0.25) is 4.98 Å². The smallest absolute Gasteiger partial charge is 0.0999 e. The molecule has 0 radical (unpaired) electrons. The maximum Gasteiger partial charge on any atom is 0.0999 e. The molecule has 0 N–H and O–H groups in total. The number of para-hydroxylation sites is 1. The molecule has 1 fully saturated rings. The predicted molar refractivity (Wildman–Crippen MR) is 69.3 cm³/mol. The Morgan fingerprint density at radius 1 is 1.22 bits per heavy atom. The van der Waals surface area contributed by atoms with Gasteiger partial charge in [-0.2, -0.15) is 5.26 Å². The maximum atomic E-state index is 9.26. The number of pyridine rings is 1. The predicted octanol–water partition coefficient (Wildman–Crippen LogP) is 3.00. The Balaban J connectivity index is 2.10. The highest BCUT2D eigenvalue weighted by atomic mass is 16.5. The molecule has 1 aliphatic rings. The van der Waals surface area contributed by atoms with Crippen LogP contribution in [0.25, 0.3) is 10.9 Å². The van der Waals surface area contributed by atoms with E-state index >= 15 is 0 Å². The molecule has 2 aromatic rings. The molecule has 2 heterocycles. The van der Waals surface area contributed by atoms with Gasteiger partial charge < -0.3 is 4.74 Å². The minimum absolute atomic E-state index is 0.426. The van der Waals surface area contributed by atoms with Crippen LogP contribution in [0.5, 0.6) is 0 Å². The first-order chi connectivity index (χ1) is 8.88. The summed E-state index contributed by atoms with van der Waals surface area (Å²) < 4.78 is 5.37. The third-order valence-corrected chi connectivity index (χ3v) is 3.50. The van der Waals surface area contributed by atoms with Crippen LogP contribution in [0.4, 0.5) is 0 Å². The van der Waals surface area contributed by atoms with Crippen molar-refractivity contribution >= 4 is 10.9 Å². The van der Waals surface area contributed by atoms with Gasteiger partial charge in [0.15, 0.2) is 0 Å². The minimum atomic E-state index is 0.426. The number of aromatic nitrogens is 1. The number of hydrogen-bond donors (Lipinski definition) is 0. The molecule has 3 rings (SSSR count). The van der Waals surface area contributed by atoms with Gasteiger partial charge in [-0.25, -0.2) is 0 Å². The van der Waals surface area contributed by atoms with E-state index in [0.29, 0.717) is 5.92 Å². The van der Waals surface area contributed by atoms with Crippen molar-refractivity contribution in [3.63, 3.8) is 0 Å². The Morgan fingerprint density at radius 3 is 2.78 bits per heavy atom. The van der Waals surface area contributed by atoms with Crippen LogP contribution in [0.1, 0.15) is 30.0 Å². The molecular formula is C15H14N2O. The van der Waals surface area contributed by atoms with E-state index in [1.54, 1.807) is 0 Å². The van der Waals surface area contributed by atoms with Crippen molar-refractivity contribution < 1.29 is 4.74 Å². The Labute approximate surface area is 106 Å². The average molecular weight is 238 g/mol. The molecule has 1 aliphatic heterocycles. The largest absolute Gasteiger partial charge is 0.381 e. The van der Waals surface area contributed by atoms with E-state index in [-0.39, 0.29) is 0 Å². The number of ether oxygens (including phenoxy) is 1. The van der Waals surface area contributed by atoms with Crippen LogP contribution in [0.2, 0.25) is 0 Å². The fourth-order valence-electron chi connectivity index (χ4n) is 2.49. The Morgan fingerprint density at radius 2 is 2.00 bits per heavy atom. The lowest BCUT2D eigenvalue weighted by Crippen LogP contribution is -2.15. The molecule has 3 nitrogen and oxygen atoms in total. The molecule has 1 saturated heterocycles. The first kappa shape index (κ1) is 11.2. The van der Waals surface area contributed by atoms with Crippen LogP contribution in [0.3, 0.4) is 0 Å². The summed E-state index contributed by atoms with van der Waals surface area (Å²) in [5.41, 5.74) is 2.67. The van der Waals surface area contributed by atoms with E-state index in [1.165, 1.54) is 0 Å². The summed E-state index contributed by atoms with van der Waals surface area (Å²) in [6, 6.07) is 12.1. The summed E-state index contributed by atoms with van der Waals surface area (Å²) in [5.74, 6) is 0.426. The van der Waals surface area contributed by atoms with Crippen molar-refractivity contribution in [1.82, 2.24) is 4.98 Å². The van der Waals surface area contributed by atoms with Gasteiger partial charge in [0.05, 0.1) is 17.1 Å². The molecule has 3 heteroatoms. The monoisotopic (exact) mass is 238 g/mol. The molecule has 0 unspecified atom stereocenters. The molecule has 0 saturated carbocycles. The van der Waals surface area contributed by atoms with E-state index in [0.717, 1.165) is 48.2 Å². The van der Waals surface area contributed by atoms with Crippen molar-refractivity contribution in [3.05, 3.63) is 41.6 Å². The van der Waals surface area contributed by atoms with Crippen molar-refractivity contribution in [2.75, 3.05) is 13.2 Å². The van der Waals surface area contributed by atoms with Crippen LogP contribution in [-0.2, 0) is 4.74 Å². The molecule has 1 aromatic heterocycles. The first-order valence-corrected chi connectivity index (χ1v) is 6.26. The van der Waals surface area contributed by atoms with Gasteiger partial charge in [-0.15, -0.1) is 0 Å². The highest BCUT2D eigenvalue weighted by Gasteiger charge is 2.18. The van der Waals surface area contributed by atoms with Crippen molar-refractivity contribution in [3.8, 4) is 6.07 Å². The number of fused-ring (bicyclic) bond motifs is 1. The maximum absolute atomic E-state index is 9.26. The number of nitriles is 1. The molecule has 0 spiro atoms. The van der Waals surface area contributed by atoms with Gasteiger partial charge in [0.1, 0.15) is 0 Å². The van der Waals surface area contributed by atoms with Crippen molar-refractivity contribution in [2.45, 2.75) is 18.8 Å². The highest BCUT2D eigenvalue weighted by molar-refractivity contribution is 5.84. The molecule has 0 amide bonds. The minimum Gasteiger partial charge on any atom is -0.381 e. The van der Waals surface area contributed by atoms with E-state index in [4.69, 9.17) is 9.72 Å². The lowest BCUT2D eigenvalue weighted by Gasteiger charge is -2.22. The zero-order valence-electron chi connectivity index (χ0n) is 10.1. The fourth-order valence-corrected chi connectivity index (χ4v) is 2.49. The second-order valence-electron chi connectivity index (χ2n) is 4.61. The molecule has 0 atom stereocenters. The van der Waals surface area contributed by atoms with E-state index < -0.39 is 0 Å². The Kier molecular flexibility index (Phi) is 2.95. The summed E-state index contributed by atoms with van der Waals surface area (Å²) in [6.45, 7) is 1.59. The quantitative estimate of drug-likeness (QED) is 0.767. The summed E-state index contributed by atoms with van der Waals surface area (Å²) in [7, 11) is 0. The molecule has 1 aromatic carbocycles.